The zero-order chi connectivity index (χ0) is 37.0. The number of hydrogen-bond donors (Lipinski definition) is 0. The second-order valence-corrected chi connectivity index (χ2v) is 14.5. The highest BCUT2D eigenvalue weighted by atomic mass is 16.6. The van der Waals surface area contributed by atoms with E-state index < -0.39 is 5.72 Å². The van der Waals surface area contributed by atoms with Gasteiger partial charge in [0.1, 0.15) is 5.75 Å². The molecule has 0 amide bonds. The Labute approximate surface area is 315 Å². The monoisotopic (exact) mass is 704 g/mol. The van der Waals surface area contributed by atoms with Crippen molar-refractivity contribution in [3.8, 4) is 56.2 Å². The van der Waals surface area contributed by atoms with Gasteiger partial charge in [-0.2, -0.15) is 4.57 Å². The molecule has 54 heavy (non-hydrogen) atoms. The Balaban J connectivity index is 1.31. The number of rotatable bonds is 6. The molecule has 6 aromatic carbocycles. The predicted octanol–water partition coefficient (Wildman–Crippen LogP) is 11.1. The van der Waals surface area contributed by atoms with Crippen molar-refractivity contribution in [3.63, 3.8) is 0 Å². The minimum absolute atomic E-state index is 0.0620. The van der Waals surface area contributed by atoms with Gasteiger partial charge in [-0.05, 0) is 90.7 Å². The van der Waals surface area contributed by atoms with Gasteiger partial charge in [-0.1, -0.05) is 84.9 Å². The van der Waals surface area contributed by atoms with Crippen molar-refractivity contribution in [3.05, 3.63) is 191 Å². The first kappa shape index (κ1) is 33.1. The predicted molar refractivity (Wildman–Crippen MR) is 217 cm³/mol. The number of fused-ring (bicyclic) bond motifs is 2. The van der Waals surface area contributed by atoms with Crippen LogP contribution in [0.4, 0.5) is 11.4 Å². The summed E-state index contributed by atoms with van der Waals surface area (Å²) in [6.45, 7) is 4.53. The first-order chi connectivity index (χ1) is 26.2. The second-order valence-electron chi connectivity index (χ2n) is 14.5. The normalized spacial score (nSPS) is 16.5. The number of nitro groups is 1. The van der Waals surface area contributed by atoms with E-state index in [0.29, 0.717) is 0 Å². The zero-order valence-corrected chi connectivity index (χ0v) is 30.3. The Morgan fingerprint density at radius 1 is 0.630 bits per heavy atom. The molecule has 1 spiro atoms. The van der Waals surface area contributed by atoms with Crippen LogP contribution in [0.5, 0.6) is 5.75 Å². The molecule has 1 aromatic heterocycles. The smallest absolute Gasteiger partial charge is 0.269 e. The van der Waals surface area contributed by atoms with Crippen LogP contribution in [0, 0.1) is 10.1 Å². The lowest BCUT2D eigenvalue weighted by Gasteiger charge is -2.46. The Bertz CT molecular complexity index is 2520. The van der Waals surface area contributed by atoms with Gasteiger partial charge >= 0.3 is 0 Å². The SMILES string of the molecule is CN1c2ccccc2C(C)(C)C12C=Cc1cc(-[n+]3c(-c4ccccc4)cc(-c4ccc([N+](=O)[O-])cc4)cc3-c3ccccc3)cc(-c3ccccc3)c1O2. The average molecular weight is 705 g/mol. The summed E-state index contributed by atoms with van der Waals surface area (Å²) >= 11 is 0. The summed E-state index contributed by atoms with van der Waals surface area (Å²) in [6, 6.07) is 55.4. The molecule has 0 radical (unpaired) electrons. The largest absolute Gasteiger partial charge is 0.462 e. The van der Waals surface area contributed by atoms with Crippen molar-refractivity contribution in [2.75, 3.05) is 11.9 Å². The lowest BCUT2D eigenvalue weighted by atomic mass is 9.76. The van der Waals surface area contributed by atoms with Gasteiger partial charge in [0.15, 0.2) is 0 Å². The first-order valence-electron chi connectivity index (χ1n) is 18.2. The molecular formula is C48H38N3O3+. The summed E-state index contributed by atoms with van der Waals surface area (Å²) in [5.41, 5.74) is 11.3. The molecule has 0 N–H and O–H groups in total. The number of aromatic nitrogens is 1. The van der Waals surface area contributed by atoms with Crippen LogP contribution in [0.2, 0.25) is 0 Å². The topological polar surface area (TPSA) is 59.5 Å². The van der Waals surface area contributed by atoms with Crippen LogP contribution in [0.1, 0.15) is 25.0 Å². The van der Waals surface area contributed by atoms with Crippen LogP contribution < -0.4 is 14.2 Å². The van der Waals surface area contributed by atoms with E-state index in [1.165, 1.54) is 5.56 Å². The quantitative estimate of drug-likeness (QED) is 0.0982. The van der Waals surface area contributed by atoms with Crippen LogP contribution in [0.15, 0.2) is 170 Å². The summed E-state index contributed by atoms with van der Waals surface area (Å²) < 4.78 is 9.71. The molecule has 2 aliphatic rings. The van der Waals surface area contributed by atoms with Crippen LogP contribution in [-0.4, -0.2) is 17.7 Å². The van der Waals surface area contributed by atoms with Crippen LogP contribution >= 0.6 is 0 Å². The van der Waals surface area contributed by atoms with Crippen molar-refractivity contribution >= 4 is 17.5 Å². The van der Waals surface area contributed by atoms with Gasteiger partial charge in [0.05, 0.1) is 10.3 Å². The molecule has 2 aliphatic heterocycles. The van der Waals surface area contributed by atoms with Gasteiger partial charge < -0.3 is 9.64 Å². The maximum atomic E-state index is 11.5. The van der Waals surface area contributed by atoms with Crippen molar-refractivity contribution in [2.24, 2.45) is 0 Å². The number of non-ortho nitro benzene ring substituents is 1. The van der Waals surface area contributed by atoms with Gasteiger partial charge in [0.2, 0.25) is 22.8 Å². The van der Waals surface area contributed by atoms with Gasteiger partial charge in [0.25, 0.3) is 5.69 Å². The highest BCUT2D eigenvalue weighted by Crippen LogP contribution is 2.55. The van der Waals surface area contributed by atoms with Gasteiger partial charge in [-0.25, -0.2) is 0 Å². The van der Waals surface area contributed by atoms with Crippen molar-refractivity contribution in [1.82, 2.24) is 0 Å². The van der Waals surface area contributed by atoms with E-state index in [9.17, 15) is 10.1 Å². The standard InChI is InChI=1S/C48H38N3O3/c1-47(2)42-21-13-14-22-43(42)49(3)48(47)28-27-37-29-40(32-41(46(37)54-48)34-15-7-4-8-16-34)50-44(35-17-9-5-10-18-35)30-38(31-45(50)36-19-11-6-12-20-36)33-23-25-39(26-24-33)51(52)53/h4-32H,1-3H3/q+1. The van der Waals surface area contributed by atoms with Crippen LogP contribution in [0.25, 0.3) is 56.5 Å². The summed E-state index contributed by atoms with van der Waals surface area (Å²) in [7, 11) is 2.13. The van der Waals surface area contributed by atoms with Crippen molar-refractivity contribution < 1.29 is 14.2 Å². The molecule has 1 atom stereocenters. The Morgan fingerprint density at radius 2 is 1.19 bits per heavy atom. The van der Waals surface area contributed by atoms with E-state index in [1.54, 1.807) is 12.1 Å². The number of nitro benzene ring substituents is 1. The number of hydrogen-bond acceptors (Lipinski definition) is 4. The molecule has 0 saturated heterocycles. The third kappa shape index (κ3) is 5.21. The van der Waals surface area contributed by atoms with E-state index in [1.807, 2.05) is 30.3 Å². The van der Waals surface area contributed by atoms with Crippen LogP contribution in [0.3, 0.4) is 0 Å². The first-order valence-corrected chi connectivity index (χ1v) is 18.2. The lowest BCUT2D eigenvalue weighted by molar-refractivity contribution is -0.572. The van der Waals surface area contributed by atoms with E-state index in [2.05, 4.69) is 164 Å². The third-order valence-corrected chi connectivity index (χ3v) is 11.1. The van der Waals surface area contributed by atoms with Crippen molar-refractivity contribution in [1.29, 1.82) is 0 Å². The molecule has 1 unspecified atom stereocenters. The Kier molecular flexibility index (Phi) is 7.78. The minimum Gasteiger partial charge on any atom is -0.462 e. The highest BCUT2D eigenvalue weighted by Gasteiger charge is 2.57. The number of para-hydroxylation sites is 1. The number of ether oxygens (including phenoxy) is 1. The van der Waals surface area contributed by atoms with Crippen LogP contribution in [-0.2, 0) is 5.41 Å². The molecule has 0 aliphatic carbocycles. The van der Waals surface area contributed by atoms with E-state index >= 15 is 0 Å². The molecule has 6 nitrogen and oxygen atoms in total. The van der Waals surface area contributed by atoms with Gasteiger partial charge in [0, 0.05) is 71.4 Å². The molecule has 0 bridgehead atoms. The molecule has 7 aromatic rings. The highest BCUT2D eigenvalue weighted by molar-refractivity contribution is 5.83. The fraction of sp³-hybridized carbons (Fsp3) is 0.104. The Hall–Kier alpha value is -6.79. The number of likely N-dealkylation sites (N-methyl/N-ethyl adjacent to an activating group) is 1. The summed E-state index contributed by atoms with van der Waals surface area (Å²) in [4.78, 5) is 13.4. The fourth-order valence-electron chi connectivity index (χ4n) is 8.29. The van der Waals surface area contributed by atoms with Gasteiger partial charge in [-0.3, -0.25) is 10.1 Å². The second kappa shape index (κ2) is 12.7. The molecular weight excluding hydrogens is 667 g/mol. The lowest BCUT2D eigenvalue weighted by Crippen LogP contribution is -2.58. The minimum atomic E-state index is -0.737. The molecule has 0 fully saturated rings. The number of anilines is 1. The van der Waals surface area contributed by atoms with E-state index in [4.69, 9.17) is 4.74 Å². The molecule has 0 saturated carbocycles. The summed E-state index contributed by atoms with van der Waals surface area (Å²) in [5.74, 6) is 0.839. The average Bonchev–Trinajstić information content (AvgIpc) is 3.38. The maximum absolute atomic E-state index is 11.5. The fourth-order valence-corrected chi connectivity index (χ4v) is 8.29. The Morgan fingerprint density at radius 3 is 1.76 bits per heavy atom. The number of benzene rings is 6. The maximum Gasteiger partial charge on any atom is 0.269 e. The van der Waals surface area contributed by atoms with Crippen molar-refractivity contribution in [2.45, 2.75) is 25.0 Å². The third-order valence-electron chi connectivity index (χ3n) is 11.1. The molecule has 6 heteroatoms. The summed E-state index contributed by atoms with van der Waals surface area (Å²) in [5, 5.41) is 11.5. The number of pyridine rings is 1. The van der Waals surface area contributed by atoms with E-state index in [0.717, 1.165) is 67.5 Å². The molecule has 262 valence electrons. The summed E-state index contributed by atoms with van der Waals surface area (Å²) in [6.07, 6.45) is 4.46. The van der Waals surface area contributed by atoms with Gasteiger partial charge in [-0.15, -0.1) is 0 Å². The zero-order valence-electron chi connectivity index (χ0n) is 30.3. The molecule has 3 heterocycles. The van der Waals surface area contributed by atoms with E-state index in [-0.39, 0.29) is 16.0 Å². The molecule has 9 rings (SSSR count). The number of nitrogens with zero attached hydrogens (tertiary/aromatic N) is 3.